The Bertz CT molecular complexity index is 337. The average molecular weight is 235 g/mol. The average Bonchev–Trinajstić information content (AvgIpc) is 2.26. The maximum Gasteiger partial charge on any atom is 0.0136 e. The largest absolute Gasteiger partial charge is 0.327 e. The van der Waals surface area contributed by atoms with E-state index in [-0.39, 0.29) is 0 Å². The molecule has 0 radical (unpaired) electrons. The fraction of sp³-hybridized carbons (Fsp3) is 0.571. The van der Waals surface area contributed by atoms with Crippen LogP contribution in [-0.4, -0.2) is 17.5 Å². The molecule has 2 unspecified atom stereocenters. The fourth-order valence-electron chi connectivity index (χ4n) is 2.39. The predicted molar refractivity (Wildman–Crippen MR) is 73.1 cm³/mol. The lowest BCUT2D eigenvalue weighted by Crippen LogP contribution is -2.29. The molecule has 0 spiro atoms. The molecular weight excluding hydrogens is 214 g/mol. The third-order valence-electron chi connectivity index (χ3n) is 3.23. The Hall–Kier alpha value is -0.470. The highest BCUT2D eigenvalue weighted by Crippen LogP contribution is 2.37. The molecule has 1 aliphatic carbocycles. The van der Waals surface area contributed by atoms with E-state index in [1.165, 1.54) is 24.2 Å². The van der Waals surface area contributed by atoms with E-state index in [1.54, 1.807) is 5.56 Å². The van der Waals surface area contributed by atoms with Crippen LogP contribution < -0.4 is 5.73 Å². The number of hydrogen-bond acceptors (Lipinski definition) is 2. The van der Waals surface area contributed by atoms with Gasteiger partial charge in [-0.05, 0) is 42.1 Å². The number of hydrogen-bond donors (Lipinski definition) is 1. The van der Waals surface area contributed by atoms with Crippen molar-refractivity contribution < 1.29 is 0 Å². The highest BCUT2D eigenvalue weighted by Gasteiger charge is 2.26. The Morgan fingerprint density at radius 2 is 2.25 bits per heavy atom. The monoisotopic (exact) mass is 235 g/mol. The third-order valence-corrected chi connectivity index (χ3v) is 4.59. The van der Waals surface area contributed by atoms with Crippen molar-refractivity contribution in [3.63, 3.8) is 0 Å². The Kier molecular flexibility index (Phi) is 4.30. The fourth-order valence-corrected chi connectivity index (χ4v) is 3.28. The van der Waals surface area contributed by atoms with Crippen LogP contribution in [0, 0.1) is 0 Å². The van der Waals surface area contributed by atoms with E-state index in [0.29, 0.717) is 6.04 Å². The first-order valence-corrected chi connectivity index (χ1v) is 7.38. The van der Waals surface area contributed by atoms with Crippen LogP contribution in [0.2, 0.25) is 0 Å². The number of nitrogens with two attached hydrogens (primary N) is 1. The summed E-state index contributed by atoms with van der Waals surface area (Å²) in [6, 6.07) is 9.14. The smallest absolute Gasteiger partial charge is 0.0136 e. The maximum atomic E-state index is 6.16. The standard InChI is InChI=1S/C14H21NS/c1-2-7-16-10-13(15)9-12-8-11-5-3-4-6-14(11)12/h3-6,12-13H,2,7-10,15H2,1H3. The topological polar surface area (TPSA) is 26.0 Å². The SMILES string of the molecule is CCCSCC(N)CC1Cc2ccccc21. The van der Waals surface area contributed by atoms with Crippen molar-refractivity contribution in [1.82, 2.24) is 0 Å². The second-order valence-electron chi connectivity index (χ2n) is 4.67. The second-order valence-corrected chi connectivity index (χ2v) is 5.82. The minimum atomic E-state index is 0.370. The molecule has 0 amide bonds. The van der Waals surface area contributed by atoms with Gasteiger partial charge in [-0.3, -0.25) is 0 Å². The predicted octanol–water partition coefficient (Wildman–Crippen LogP) is 3.19. The summed E-state index contributed by atoms with van der Waals surface area (Å²) in [6.07, 6.45) is 3.65. The van der Waals surface area contributed by atoms with Crippen molar-refractivity contribution in [1.29, 1.82) is 0 Å². The minimum absolute atomic E-state index is 0.370. The third kappa shape index (κ3) is 2.80. The second kappa shape index (κ2) is 5.74. The zero-order chi connectivity index (χ0) is 11.4. The van der Waals surface area contributed by atoms with E-state index in [4.69, 9.17) is 5.73 Å². The van der Waals surface area contributed by atoms with Gasteiger partial charge in [0, 0.05) is 11.8 Å². The van der Waals surface area contributed by atoms with E-state index in [1.807, 2.05) is 11.8 Å². The first kappa shape index (κ1) is 12.0. The summed E-state index contributed by atoms with van der Waals surface area (Å²) in [5.41, 5.74) is 9.23. The molecule has 0 aliphatic heterocycles. The number of benzene rings is 1. The van der Waals surface area contributed by atoms with Gasteiger partial charge in [-0.1, -0.05) is 31.2 Å². The molecule has 0 aromatic heterocycles. The van der Waals surface area contributed by atoms with Crippen molar-refractivity contribution in [3.05, 3.63) is 35.4 Å². The maximum absolute atomic E-state index is 6.16. The molecule has 2 rings (SSSR count). The van der Waals surface area contributed by atoms with Crippen LogP contribution in [-0.2, 0) is 6.42 Å². The first-order valence-electron chi connectivity index (χ1n) is 6.22. The van der Waals surface area contributed by atoms with Crippen molar-refractivity contribution in [3.8, 4) is 0 Å². The Balaban J connectivity index is 1.76. The van der Waals surface area contributed by atoms with E-state index in [9.17, 15) is 0 Å². The van der Waals surface area contributed by atoms with Crippen LogP contribution in [0.3, 0.4) is 0 Å². The lowest BCUT2D eigenvalue weighted by Gasteiger charge is -2.32. The van der Waals surface area contributed by atoms with E-state index >= 15 is 0 Å². The van der Waals surface area contributed by atoms with Gasteiger partial charge >= 0.3 is 0 Å². The molecule has 0 saturated heterocycles. The summed E-state index contributed by atoms with van der Waals surface area (Å²) in [7, 11) is 0. The van der Waals surface area contributed by atoms with Gasteiger partial charge in [0.2, 0.25) is 0 Å². The summed E-state index contributed by atoms with van der Waals surface area (Å²) >= 11 is 1.99. The molecule has 16 heavy (non-hydrogen) atoms. The summed E-state index contributed by atoms with van der Waals surface area (Å²) < 4.78 is 0. The summed E-state index contributed by atoms with van der Waals surface area (Å²) in [5, 5.41) is 0. The molecule has 2 N–H and O–H groups in total. The van der Waals surface area contributed by atoms with Gasteiger partial charge in [0.05, 0.1) is 0 Å². The molecule has 2 atom stereocenters. The minimum Gasteiger partial charge on any atom is -0.327 e. The highest BCUT2D eigenvalue weighted by molar-refractivity contribution is 7.99. The van der Waals surface area contributed by atoms with Gasteiger partial charge in [0.15, 0.2) is 0 Å². The van der Waals surface area contributed by atoms with Crippen LogP contribution >= 0.6 is 11.8 Å². The van der Waals surface area contributed by atoms with Crippen molar-refractivity contribution in [2.24, 2.45) is 5.73 Å². The van der Waals surface area contributed by atoms with E-state index < -0.39 is 0 Å². The molecule has 1 nitrogen and oxygen atoms in total. The highest BCUT2D eigenvalue weighted by atomic mass is 32.2. The Labute approximate surface area is 103 Å². The van der Waals surface area contributed by atoms with Crippen LogP contribution in [0.4, 0.5) is 0 Å². The molecule has 2 heteroatoms. The molecule has 1 aromatic rings. The molecule has 0 saturated carbocycles. The zero-order valence-corrected chi connectivity index (χ0v) is 10.8. The molecule has 0 heterocycles. The van der Waals surface area contributed by atoms with Gasteiger partial charge in [-0.25, -0.2) is 0 Å². The van der Waals surface area contributed by atoms with Crippen LogP contribution in [0.1, 0.15) is 36.8 Å². The molecule has 1 aromatic carbocycles. The summed E-state index contributed by atoms with van der Waals surface area (Å²) in [6.45, 7) is 2.22. The van der Waals surface area contributed by atoms with Gasteiger partial charge in [-0.15, -0.1) is 0 Å². The number of thioether (sulfide) groups is 1. The van der Waals surface area contributed by atoms with Crippen molar-refractivity contribution >= 4 is 11.8 Å². The van der Waals surface area contributed by atoms with Gasteiger partial charge in [0.1, 0.15) is 0 Å². The lowest BCUT2D eigenvalue weighted by atomic mass is 9.75. The van der Waals surface area contributed by atoms with E-state index in [2.05, 4.69) is 31.2 Å². The number of rotatable bonds is 6. The van der Waals surface area contributed by atoms with Gasteiger partial charge in [0.25, 0.3) is 0 Å². The summed E-state index contributed by atoms with van der Waals surface area (Å²) in [4.78, 5) is 0. The number of fused-ring (bicyclic) bond motifs is 1. The molecular formula is C14H21NS. The first-order chi connectivity index (χ1) is 7.81. The molecule has 88 valence electrons. The van der Waals surface area contributed by atoms with Crippen LogP contribution in [0.25, 0.3) is 0 Å². The van der Waals surface area contributed by atoms with Gasteiger partial charge < -0.3 is 5.73 Å². The van der Waals surface area contributed by atoms with E-state index in [0.717, 1.165) is 18.1 Å². The molecule has 0 bridgehead atoms. The lowest BCUT2D eigenvalue weighted by molar-refractivity contribution is 0.510. The van der Waals surface area contributed by atoms with Gasteiger partial charge in [-0.2, -0.15) is 11.8 Å². The zero-order valence-electron chi connectivity index (χ0n) is 9.99. The van der Waals surface area contributed by atoms with Crippen molar-refractivity contribution in [2.75, 3.05) is 11.5 Å². The van der Waals surface area contributed by atoms with Crippen LogP contribution in [0.15, 0.2) is 24.3 Å². The van der Waals surface area contributed by atoms with Crippen LogP contribution in [0.5, 0.6) is 0 Å². The Morgan fingerprint density at radius 3 is 3.00 bits per heavy atom. The summed E-state index contributed by atoms with van der Waals surface area (Å²) in [5.74, 6) is 3.09. The quantitative estimate of drug-likeness (QED) is 0.766. The normalized spacial score (nSPS) is 20.0. The molecule has 0 fully saturated rings. The molecule has 1 aliphatic rings. The Morgan fingerprint density at radius 1 is 1.44 bits per heavy atom. The van der Waals surface area contributed by atoms with Crippen molar-refractivity contribution in [2.45, 2.75) is 38.1 Å².